The SMILES string of the molecule is Cc1ccsc1C(=O)N(CCCN(C)C)CCCN(C)C. The monoisotopic (exact) mass is 311 g/mol. The molecule has 0 aromatic carbocycles. The van der Waals surface area contributed by atoms with Crippen molar-refractivity contribution in [2.45, 2.75) is 19.8 Å². The lowest BCUT2D eigenvalue weighted by Gasteiger charge is -2.24. The lowest BCUT2D eigenvalue weighted by atomic mass is 10.2. The fourth-order valence-corrected chi connectivity index (χ4v) is 3.10. The molecule has 1 heterocycles. The normalized spacial score (nSPS) is 11.4. The van der Waals surface area contributed by atoms with Crippen molar-refractivity contribution in [3.63, 3.8) is 0 Å². The number of nitrogens with zero attached hydrogens (tertiary/aromatic N) is 3. The van der Waals surface area contributed by atoms with Gasteiger partial charge in [0.15, 0.2) is 0 Å². The van der Waals surface area contributed by atoms with E-state index in [1.165, 1.54) is 0 Å². The molecular formula is C16H29N3OS. The number of aryl methyl sites for hydroxylation is 1. The van der Waals surface area contributed by atoms with Gasteiger partial charge in [-0.25, -0.2) is 0 Å². The molecule has 0 radical (unpaired) electrons. The van der Waals surface area contributed by atoms with E-state index in [0.717, 1.165) is 49.5 Å². The summed E-state index contributed by atoms with van der Waals surface area (Å²) in [5.74, 6) is 0.194. The molecule has 0 fully saturated rings. The van der Waals surface area contributed by atoms with Crippen molar-refractivity contribution in [2.24, 2.45) is 0 Å². The molecule has 0 aliphatic rings. The first-order chi connectivity index (χ1) is 9.91. The molecule has 0 aliphatic heterocycles. The number of amides is 1. The average Bonchev–Trinajstić information content (AvgIpc) is 2.81. The summed E-state index contributed by atoms with van der Waals surface area (Å²) >= 11 is 1.55. The van der Waals surface area contributed by atoms with Crippen LogP contribution in [0.2, 0.25) is 0 Å². The largest absolute Gasteiger partial charge is 0.338 e. The summed E-state index contributed by atoms with van der Waals surface area (Å²) in [4.78, 5) is 19.9. The van der Waals surface area contributed by atoms with Crippen LogP contribution < -0.4 is 0 Å². The van der Waals surface area contributed by atoms with Crippen LogP contribution in [0.4, 0.5) is 0 Å². The van der Waals surface area contributed by atoms with Gasteiger partial charge in [-0.1, -0.05) is 0 Å². The summed E-state index contributed by atoms with van der Waals surface area (Å²) in [6.07, 6.45) is 2.04. The van der Waals surface area contributed by atoms with Crippen molar-refractivity contribution >= 4 is 17.2 Å². The van der Waals surface area contributed by atoms with E-state index in [9.17, 15) is 4.79 Å². The molecule has 1 aromatic rings. The Bertz CT molecular complexity index is 415. The van der Waals surface area contributed by atoms with Gasteiger partial charge in [-0.15, -0.1) is 11.3 Å². The van der Waals surface area contributed by atoms with Crippen LogP contribution in [0.25, 0.3) is 0 Å². The number of rotatable bonds is 9. The first-order valence-electron chi connectivity index (χ1n) is 7.54. The highest BCUT2D eigenvalue weighted by atomic mass is 32.1. The maximum atomic E-state index is 12.7. The molecule has 5 heteroatoms. The topological polar surface area (TPSA) is 26.8 Å². The van der Waals surface area contributed by atoms with Crippen LogP contribution in [0.3, 0.4) is 0 Å². The highest BCUT2D eigenvalue weighted by molar-refractivity contribution is 7.12. The Morgan fingerprint density at radius 1 is 1.00 bits per heavy atom. The summed E-state index contributed by atoms with van der Waals surface area (Å²) in [7, 11) is 8.28. The number of carbonyl (C=O) groups is 1. The van der Waals surface area contributed by atoms with E-state index in [1.807, 2.05) is 23.3 Å². The molecule has 0 saturated carbocycles. The summed E-state index contributed by atoms with van der Waals surface area (Å²) < 4.78 is 0. The Morgan fingerprint density at radius 3 is 1.90 bits per heavy atom. The van der Waals surface area contributed by atoms with Crippen molar-refractivity contribution in [1.82, 2.24) is 14.7 Å². The second-order valence-electron chi connectivity index (χ2n) is 6.04. The van der Waals surface area contributed by atoms with Crippen LogP contribution in [0.15, 0.2) is 11.4 Å². The maximum absolute atomic E-state index is 12.7. The number of hydrogen-bond acceptors (Lipinski definition) is 4. The number of hydrogen-bond donors (Lipinski definition) is 0. The van der Waals surface area contributed by atoms with E-state index in [1.54, 1.807) is 11.3 Å². The predicted molar refractivity (Wildman–Crippen MR) is 91.3 cm³/mol. The fraction of sp³-hybridized carbons (Fsp3) is 0.688. The Balaban J connectivity index is 2.61. The Labute approximate surface area is 133 Å². The van der Waals surface area contributed by atoms with Crippen molar-refractivity contribution in [1.29, 1.82) is 0 Å². The second kappa shape index (κ2) is 9.18. The van der Waals surface area contributed by atoms with E-state index < -0.39 is 0 Å². The van der Waals surface area contributed by atoms with Gasteiger partial charge in [-0.3, -0.25) is 4.79 Å². The van der Waals surface area contributed by atoms with E-state index in [4.69, 9.17) is 0 Å². The van der Waals surface area contributed by atoms with E-state index in [2.05, 4.69) is 38.0 Å². The van der Waals surface area contributed by atoms with Crippen LogP contribution in [-0.4, -0.2) is 75.0 Å². The second-order valence-corrected chi connectivity index (χ2v) is 6.95. The molecule has 0 bridgehead atoms. The zero-order chi connectivity index (χ0) is 15.8. The van der Waals surface area contributed by atoms with Gasteiger partial charge in [0.25, 0.3) is 5.91 Å². The fourth-order valence-electron chi connectivity index (χ4n) is 2.21. The summed E-state index contributed by atoms with van der Waals surface area (Å²) in [6, 6.07) is 2.02. The van der Waals surface area contributed by atoms with Gasteiger partial charge < -0.3 is 14.7 Å². The van der Waals surface area contributed by atoms with Crippen LogP contribution >= 0.6 is 11.3 Å². The van der Waals surface area contributed by atoms with Gasteiger partial charge in [-0.05, 0) is 78.1 Å². The molecule has 0 N–H and O–H groups in total. The summed E-state index contributed by atoms with van der Waals surface area (Å²) in [5.41, 5.74) is 1.09. The van der Waals surface area contributed by atoms with Crippen molar-refractivity contribution in [3.05, 3.63) is 21.9 Å². The summed E-state index contributed by atoms with van der Waals surface area (Å²) in [5, 5.41) is 2.00. The highest BCUT2D eigenvalue weighted by Crippen LogP contribution is 2.18. The predicted octanol–water partition coefficient (Wildman–Crippen LogP) is 2.40. The molecule has 0 atom stereocenters. The summed E-state index contributed by atoms with van der Waals surface area (Å²) in [6.45, 7) is 5.72. The van der Waals surface area contributed by atoms with Crippen molar-refractivity contribution in [2.75, 3.05) is 54.4 Å². The lowest BCUT2D eigenvalue weighted by molar-refractivity contribution is 0.0749. The number of thiophene rings is 1. The van der Waals surface area contributed by atoms with Crippen molar-refractivity contribution < 1.29 is 4.79 Å². The Hall–Kier alpha value is -0.910. The molecule has 1 amide bonds. The van der Waals surface area contributed by atoms with Gasteiger partial charge in [0, 0.05) is 13.1 Å². The smallest absolute Gasteiger partial charge is 0.264 e. The van der Waals surface area contributed by atoms with E-state index >= 15 is 0 Å². The molecule has 0 spiro atoms. The van der Waals surface area contributed by atoms with Crippen LogP contribution in [0, 0.1) is 6.92 Å². The van der Waals surface area contributed by atoms with Gasteiger partial charge in [0.1, 0.15) is 0 Å². The quantitative estimate of drug-likeness (QED) is 0.701. The van der Waals surface area contributed by atoms with E-state index in [-0.39, 0.29) is 5.91 Å². The van der Waals surface area contributed by atoms with E-state index in [0.29, 0.717) is 0 Å². The third-order valence-corrected chi connectivity index (χ3v) is 4.41. The van der Waals surface area contributed by atoms with Gasteiger partial charge >= 0.3 is 0 Å². The first kappa shape index (κ1) is 18.1. The molecule has 0 unspecified atom stereocenters. The van der Waals surface area contributed by atoms with Gasteiger partial charge in [0.2, 0.25) is 0 Å². The van der Waals surface area contributed by atoms with Crippen LogP contribution in [0.5, 0.6) is 0 Å². The first-order valence-corrected chi connectivity index (χ1v) is 8.42. The molecule has 4 nitrogen and oxygen atoms in total. The number of carbonyl (C=O) groups excluding carboxylic acids is 1. The minimum Gasteiger partial charge on any atom is -0.338 e. The molecule has 0 saturated heterocycles. The Morgan fingerprint density at radius 2 is 1.52 bits per heavy atom. The molecule has 0 aliphatic carbocycles. The Kier molecular flexibility index (Phi) is 7.93. The molecule has 120 valence electrons. The van der Waals surface area contributed by atoms with Crippen LogP contribution in [-0.2, 0) is 0 Å². The minimum absolute atomic E-state index is 0.194. The lowest BCUT2D eigenvalue weighted by Crippen LogP contribution is -2.35. The zero-order valence-electron chi connectivity index (χ0n) is 14.1. The van der Waals surface area contributed by atoms with Gasteiger partial charge in [0.05, 0.1) is 4.88 Å². The van der Waals surface area contributed by atoms with Crippen LogP contribution in [0.1, 0.15) is 28.1 Å². The molecular weight excluding hydrogens is 282 g/mol. The third kappa shape index (κ3) is 6.59. The highest BCUT2D eigenvalue weighted by Gasteiger charge is 2.18. The third-order valence-electron chi connectivity index (χ3n) is 3.41. The minimum atomic E-state index is 0.194. The average molecular weight is 311 g/mol. The molecule has 1 aromatic heterocycles. The molecule has 1 rings (SSSR count). The zero-order valence-corrected chi connectivity index (χ0v) is 14.9. The maximum Gasteiger partial charge on any atom is 0.264 e. The molecule has 21 heavy (non-hydrogen) atoms. The van der Waals surface area contributed by atoms with Gasteiger partial charge in [-0.2, -0.15) is 0 Å². The standard InChI is InChI=1S/C16H29N3OS/c1-14-8-13-21-15(14)16(20)19(11-6-9-17(2)3)12-7-10-18(4)5/h8,13H,6-7,9-12H2,1-5H3. The van der Waals surface area contributed by atoms with Crippen molar-refractivity contribution in [3.8, 4) is 0 Å².